The second-order valence-electron chi connectivity index (χ2n) is 8.74. The van der Waals surface area contributed by atoms with Gasteiger partial charge in [0.2, 0.25) is 11.8 Å². The maximum Gasteiger partial charge on any atom is 0.410 e. The summed E-state index contributed by atoms with van der Waals surface area (Å²) in [4.78, 5) is 37.9. The normalized spacial score (nSPS) is 11.6. The number of amidine groups is 1. The van der Waals surface area contributed by atoms with Crippen molar-refractivity contribution in [1.29, 1.82) is 0 Å². The number of unbranched alkanes of at least 4 members (excludes halogenated alkanes) is 1. The first-order valence-corrected chi connectivity index (χ1v) is 11.8. The molecule has 2 N–H and O–H groups in total. The highest BCUT2D eigenvalue weighted by molar-refractivity contribution is 6.04. The quantitative estimate of drug-likeness (QED) is 0.208. The molecule has 0 radical (unpaired) electrons. The van der Waals surface area contributed by atoms with Gasteiger partial charge in [0, 0.05) is 50.7 Å². The smallest absolute Gasteiger partial charge is 0.410 e. The van der Waals surface area contributed by atoms with Gasteiger partial charge in [-0.3, -0.25) is 9.79 Å². The molecule has 196 valence electrons. The van der Waals surface area contributed by atoms with Crippen molar-refractivity contribution in [2.45, 2.75) is 52.6 Å². The van der Waals surface area contributed by atoms with Crippen molar-refractivity contribution in [3.63, 3.8) is 0 Å². The average Bonchev–Trinajstić information content (AvgIpc) is 2.83. The minimum absolute atomic E-state index is 0.0821. The highest BCUT2D eigenvalue weighted by atomic mass is 16.6. The number of carbonyl (C=O) groups is 2. The van der Waals surface area contributed by atoms with Crippen molar-refractivity contribution in [2.24, 2.45) is 9.98 Å². The van der Waals surface area contributed by atoms with Crippen molar-refractivity contribution in [3.8, 4) is 17.7 Å². The standard InChI is InChI=1S/C26H38N6O4/c1-8-14-30-24(27-5)20(18-31-21-13-16-29-23(17-21)35-7)12-10-9-11-15-28-22(33)19-32(6)25(34)36-26(2,3)4/h13,16-18H,5,8-9,11,14-15,19H2,1-4,6-7H3,(H,28,33)(H,29,31). The molecule has 0 atom stereocenters. The van der Waals surface area contributed by atoms with Gasteiger partial charge < -0.3 is 25.0 Å². The molecule has 0 saturated carbocycles. The molecule has 0 aliphatic rings. The second-order valence-corrected chi connectivity index (χ2v) is 8.74. The Balaban J connectivity index is 2.68. The van der Waals surface area contributed by atoms with Crippen molar-refractivity contribution < 1.29 is 19.1 Å². The summed E-state index contributed by atoms with van der Waals surface area (Å²) in [5, 5.41) is 5.95. The van der Waals surface area contributed by atoms with Gasteiger partial charge in [-0.25, -0.2) is 14.8 Å². The molecule has 0 unspecified atom stereocenters. The van der Waals surface area contributed by atoms with Crippen LogP contribution in [-0.4, -0.2) is 73.8 Å². The van der Waals surface area contributed by atoms with Gasteiger partial charge in [-0.2, -0.15) is 0 Å². The predicted octanol–water partition coefficient (Wildman–Crippen LogP) is 3.66. The fourth-order valence-electron chi connectivity index (χ4n) is 2.60. The largest absolute Gasteiger partial charge is 0.481 e. The molecule has 0 aromatic carbocycles. The average molecular weight is 499 g/mol. The molecule has 0 fully saturated rings. The SMILES string of the molecule is C=NC(=NCCC)C(C#CCCCNC(=O)CN(C)C(=O)OC(C)(C)C)=CNc1ccnc(OC)c1. The molecular formula is C26H38N6O4. The van der Waals surface area contributed by atoms with E-state index in [0.29, 0.717) is 43.2 Å². The molecule has 1 rings (SSSR count). The number of nitrogens with zero attached hydrogens (tertiary/aromatic N) is 4. The van der Waals surface area contributed by atoms with Crippen LogP contribution in [-0.2, 0) is 9.53 Å². The van der Waals surface area contributed by atoms with E-state index in [2.05, 4.69) is 44.2 Å². The summed E-state index contributed by atoms with van der Waals surface area (Å²) < 4.78 is 10.4. The van der Waals surface area contributed by atoms with E-state index >= 15 is 0 Å². The molecule has 36 heavy (non-hydrogen) atoms. The zero-order chi connectivity index (χ0) is 27.0. The maximum atomic E-state index is 12.1. The summed E-state index contributed by atoms with van der Waals surface area (Å²) in [6.45, 7) is 11.9. The topological polar surface area (TPSA) is 118 Å². The fourth-order valence-corrected chi connectivity index (χ4v) is 2.60. The van der Waals surface area contributed by atoms with E-state index in [9.17, 15) is 9.59 Å². The summed E-state index contributed by atoms with van der Waals surface area (Å²) in [5.74, 6) is 6.86. The third kappa shape index (κ3) is 12.6. The van der Waals surface area contributed by atoms with Crippen LogP contribution in [0, 0.1) is 11.8 Å². The monoisotopic (exact) mass is 498 g/mol. The Morgan fingerprint density at radius 1 is 1.33 bits per heavy atom. The van der Waals surface area contributed by atoms with E-state index in [1.807, 2.05) is 6.92 Å². The van der Waals surface area contributed by atoms with Gasteiger partial charge in [-0.15, -0.1) is 0 Å². The fraction of sp³-hybridized carbons (Fsp3) is 0.500. The number of amides is 2. The van der Waals surface area contributed by atoms with Crippen LogP contribution in [0.4, 0.5) is 10.5 Å². The highest BCUT2D eigenvalue weighted by Crippen LogP contribution is 2.14. The Kier molecular flexibility index (Phi) is 13.3. The third-order valence-corrected chi connectivity index (χ3v) is 4.31. The van der Waals surface area contributed by atoms with Crippen molar-refractivity contribution in [2.75, 3.05) is 39.1 Å². The van der Waals surface area contributed by atoms with Gasteiger partial charge in [0.15, 0.2) is 5.84 Å². The molecule has 1 aromatic heterocycles. The van der Waals surface area contributed by atoms with Gasteiger partial charge >= 0.3 is 6.09 Å². The summed E-state index contributed by atoms with van der Waals surface area (Å²) in [5.41, 5.74) is 0.757. The Morgan fingerprint density at radius 2 is 2.08 bits per heavy atom. The number of ether oxygens (including phenoxy) is 2. The Morgan fingerprint density at radius 3 is 2.72 bits per heavy atom. The number of pyridine rings is 1. The van der Waals surface area contributed by atoms with Gasteiger partial charge in [0.05, 0.1) is 12.7 Å². The van der Waals surface area contributed by atoms with E-state index in [-0.39, 0.29) is 12.5 Å². The molecule has 0 saturated heterocycles. The molecule has 2 amide bonds. The molecule has 10 heteroatoms. The second kappa shape index (κ2) is 15.9. The lowest BCUT2D eigenvalue weighted by atomic mass is 10.2. The molecule has 1 aromatic rings. The van der Waals surface area contributed by atoms with E-state index < -0.39 is 11.7 Å². The lowest BCUT2D eigenvalue weighted by Crippen LogP contribution is -2.41. The van der Waals surface area contributed by atoms with Crippen LogP contribution < -0.4 is 15.4 Å². The van der Waals surface area contributed by atoms with Gasteiger partial charge in [0.1, 0.15) is 12.1 Å². The minimum Gasteiger partial charge on any atom is -0.481 e. The molecule has 0 aliphatic heterocycles. The molecule has 0 aliphatic carbocycles. The van der Waals surface area contributed by atoms with Gasteiger partial charge in [-0.05, 0) is 46.4 Å². The molecule has 1 heterocycles. The predicted molar refractivity (Wildman–Crippen MR) is 144 cm³/mol. The number of nitrogens with one attached hydrogen (secondary N) is 2. The summed E-state index contributed by atoms with van der Waals surface area (Å²) >= 11 is 0. The molecular weight excluding hydrogens is 460 g/mol. The minimum atomic E-state index is -0.614. The lowest BCUT2D eigenvalue weighted by Gasteiger charge is -2.24. The van der Waals surface area contributed by atoms with E-state index in [1.165, 1.54) is 11.9 Å². The van der Waals surface area contributed by atoms with Crippen LogP contribution in [0.15, 0.2) is 40.1 Å². The third-order valence-electron chi connectivity index (χ3n) is 4.31. The number of anilines is 1. The Bertz CT molecular complexity index is 1000. The Hall–Kier alpha value is -3.87. The van der Waals surface area contributed by atoms with Gasteiger partial charge in [-0.1, -0.05) is 18.8 Å². The van der Waals surface area contributed by atoms with Crippen molar-refractivity contribution >= 4 is 30.2 Å². The van der Waals surface area contributed by atoms with Crippen LogP contribution in [0.2, 0.25) is 0 Å². The number of hydrogen-bond acceptors (Lipinski definition) is 7. The summed E-state index contributed by atoms with van der Waals surface area (Å²) in [6.07, 6.45) is 4.87. The van der Waals surface area contributed by atoms with Crippen LogP contribution in [0.5, 0.6) is 5.88 Å². The number of carbonyl (C=O) groups excluding carboxylic acids is 2. The van der Waals surface area contributed by atoms with Crippen LogP contribution >= 0.6 is 0 Å². The van der Waals surface area contributed by atoms with Crippen molar-refractivity contribution in [1.82, 2.24) is 15.2 Å². The van der Waals surface area contributed by atoms with Crippen molar-refractivity contribution in [3.05, 3.63) is 30.1 Å². The molecule has 0 spiro atoms. The first-order valence-electron chi connectivity index (χ1n) is 11.8. The lowest BCUT2D eigenvalue weighted by molar-refractivity contribution is -0.122. The van der Waals surface area contributed by atoms with Crippen LogP contribution in [0.1, 0.15) is 47.0 Å². The van der Waals surface area contributed by atoms with Crippen LogP contribution in [0.3, 0.4) is 0 Å². The highest BCUT2D eigenvalue weighted by Gasteiger charge is 2.20. The maximum absolute atomic E-state index is 12.1. The van der Waals surface area contributed by atoms with Gasteiger partial charge in [0.25, 0.3) is 0 Å². The zero-order valence-electron chi connectivity index (χ0n) is 22.2. The van der Waals surface area contributed by atoms with E-state index in [4.69, 9.17) is 9.47 Å². The first kappa shape index (κ1) is 30.2. The number of aromatic nitrogens is 1. The number of likely N-dealkylation sites (N-methyl/N-ethyl adjacent to an activating group) is 1. The van der Waals surface area contributed by atoms with Crippen LogP contribution in [0.25, 0.3) is 0 Å². The number of methoxy groups -OCH3 is 1. The molecule has 10 nitrogen and oxygen atoms in total. The first-order chi connectivity index (χ1) is 17.1. The van der Waals surface area contributed by atoms with E-state index in [1.54, 1.807) is 52.4 Å². The number of hydrogen-bond donors (Lipinski definition) is 2. The Labute approximate surface area is 214 Å². The summed E-state index contributed by atoms with van der Waals surface area (Å²) in [7, 11) is 3.08. The molecule has 0 bridgehead atoms. The zero-order valence-corrected chi connectivity index (χ0v) is 22.2. The number of rotatable bonds is 11. The number of aliphatic imine (C=N–C) groups is 2. The summed E-state index contributed by atoms with van der Waals surface area (Å²) in [6, 6.07) is 3.56. The van der Waals surface area contributed by atoms with E-state index in [0.717, 1.165) is 12.1 Å².